The molecule has 0 aromatic carbocycles. The molecule has 0 aliphatic carbocycles. The Balaban J connectivity index is 2.04. The molecule has 4 nitrogen and oxygen atoms in total. The quantitative estimate of drug-likeness (QED) is 0.831. The number of pyridine rings is 1. The van der Waals surface area contributed by atoms with Crippen molar-refractivity contribution in [2.24, 2.45) is 5.92 Å². The second-order valence-electron chi connectivity index (χ2n) is 4.86. The van der Waals surface area contributed by atoms with E-state index in [1.807, 2.05) is 19.1 Å². The van der Waals surface area contributed by atoms with E-state index in [2.05, 4.69) is 9.88 Å². The Labute approximate surface area is 102 Å². The zero-order valence-electron chi connectivity index (χ0n) is 10.4. The third-order valence-electron chi connectivity index (χ3n) is 3.48. The number of aromatic nitrogens is 1. The van der Waals surface area contributed by atoms with Gasteiger partial charge < -0.3 is 15.1 Å². The van der Waals surface area contributed by atoms with Gasteiger partial charge in [-0.3, -0.25) is 0 Å². The van der Waals surface area contributed by atoms with Crippen LogP contribution in [0.4, 0.5) is 5.82 Å². The molecule has 2 rings (SSSR count). The highest BCUT2D eigenvalue weighted by Gasteiger charge is 2.26. The fourth-order valence-corrected chi connectivity index (χ4v) is 2.22. The maximum Gasteiger partial charge on any atom is 0.128 e. The van der Waals surface area contributed by atoms with E-state index < -0.39 is 6.10 Å². The van der Waals surface area contributed by atoms with E-state index in [4.69, 9.17) is 0 Å². The van der Waals surface area contributed by atoms with Crippen molar-refractivity contribution in [3.63, 3.8) is 0 Å². The molecule has 0 bridgehead atoms. The molecular formula is C13H20N2O2. The molecule has 17 heavy (non-hydrogen) atoms. The molecule has 1 saturated heterocycles. The minimum atomic E-state index is -0.472. The standard InChI is InChI=1S/C13H20N2O2/c1-9(16)11-3-4-13(14-7-11)15-6-5-12(8-15)10(2)17/h3-4,7,9-10,12,16-17H,5-6,8H2,1-2H3. The van der Waals surface area contributed by atoms with E-state index >= 15 is 0 Å². The summed E-state index contributed by atoms with van der Waals surface area (Å²) in [6.07, 6.45) is 2.00. The van der Waals surface area contributed by atoms with Crippen LogP contribution in [0.5, 0.6) is 0 Å². The summed E-state index contributed by atoms with van der Waals surface area (Å²) in [4.78, 5) is 6.54. The molecule has 94 valence electrons. The Bertz CT molecular complexity index is 362. The number of rotatable bonds is 3. The zero-order valence-corrected chi connectivity index (χ0v) is 10.4. The molecule has 0 saturated carbocycles. The van der Waals surface area contributed by atoms with Crippen molar-refractivity contribution in [3.8, 4) is 0 Å². The van der Waals surface area contributed by atoms with E-state index in [0.717, 1.165) is 30.9 Å². The second kappa shape index (κ2) is 5.02. The summed E-state index contributed by atoms with van der Waals surface area (Å²) >= 11 is 0. The normalized spacial score (nSPS) is 23.8. The number of anilines is 1. The molecule has 1 aliphatic rings. The topological polar surface area (TPSA) is 56.6 Å². The van der Waals surface area contributed by atoms with Crippen LogP contribution < -0.4 is 4.90 Å². The monoisotopic (exact) mass is 236 g/mol. The largest absolute Gasteiger partial charge is 0.393 e. The molecule has 0 amide bonds. The predicted molar refractivity (Wildman–Crippen MR) is 66.9 cm³/mol. The predicted octanol–water partition coefficient (Wildman–Crippen LogP) is 1.34. The van der Waals surface area contributed by atoms with Gasteiger partial charge in [-0.15, -0.1) is 0 Å². The minimum Gasteiger partial charge on any atom is -0.393 e. The van der Waals surface area contributed by atoms with Gasteiger partial charge in [0, 0.05) is 25.2 Å². The van der Waals surface area contributed by atoms with Gasteiger partial charge in [-0.2, -0.15) is 0 Å². The third kappa shape index (κ3) is 2.76. The van der Waals surface area contributed by atoms with Gasteiger partial charge in [0.2, 0.25) is 0 Å². The number of aliphatic hydroxyl groups excluding tert-OH is 2. The van der Waals surface area contributed by atoms with E-state index in [9.17, 15) is 10.2 Å². The zero-order chi connectivity index (χ0) is 12.4. The minimum absolute atomic E-state index is 0.253. The Morgan fingerprint density at radius 2 is 2.12 bits per heavy atom. The molecule has 1 aromatic rings. The van der Waals surface area contributed by atoms with Crippen molar-refractivity contribution in [3.05, 3.63) is 23.9 Å². The van der Waals surface area contributed by atoms with Crippen LogP contribution in [0.25, 0.3) is 0 Å². The first kappa shape index (κ1) is 12.3. The molecule has 1 aromatic heterocycles. The Kier molecular flexibility index (Phi) is 3.64. The molecule has 3 atom stereocenters. The van der Waals surface area contributed by atoms with Crippen LogP contribution in [-0.4, -0.2) is 34.4 Å². The highest BCUT2D eigenvalue weighted by Crippen LogP contribution is 2.25. The second-order valence-corrected chi connectivity index (χ2v) is 4.86. The number of aliphatic hydroxyl groups is 2. The Morgan fingerprint density at radius 3 is 2.59 bits per heavy atom. The van der Waals surface area contributed by atoms with E-state index in [1.165, 1.54) is 0 Å². The van der Waals surface area contributed by atoms with Crippen molar-refractivity contribution >= 4 is 5.82 Å². The fraction of sp³-hybridized carbons (Fsp3) is 0.615. The van der Waals surface area contributed by atoms with Crippen LogP contribution >= 0.6 is 0 Å². The van der Waals surface area contributed by atoms with Gasteiger partial charge in [0.25, 0.3) is 0 Å². The molecule has 0 spiro atoms. The van der Waals surface area contributed by atoms with E-state index in [0.29, 0.717) is 5.92 Å². The van der Waals surface area contributed by atoms with Crippen LogP contribution in [0.3, 0.4) is 0 Å². The maximum atomic E-state index is 9.55. The molecule has 1 aliphatic heterocycles. The lowest BCUT2D eigenvalue weighted by molar-refractivity contribution is 0.136. The van der Waals surface area contributed by atoms with Crippen LogP contribution in [0.15, 0.2) is 18.3 Å². The van der Waals surface area contributed by atoms with Crippen LogP contribution in [0, 0.1) is 5.92 Å². The summed E-state index contributed by atoms with van der Waals surface area (Å²) in [7, 11) is 0. The smallest absolute Gasteiger partial charge is 0.128 e. The molecule has 2 N–H and O–H groups in total. The lowest BCUT2D eigenvalue weighted by Gasteiger charge is -2.19. The van der Waals surface area contributed by atoms with Gasteiger partial charge in [-0.25, -0.2) is 4.98 Å². The number of hydrogen-bond acceptors (Lipinski definition) is 4. The van der Waals surface area contributed by atoms with Gasteiger partial charge in [0.1, 0.15) is 5.82 Å². The Morgan fingerprint density at radius 1 is 1.35 bits per heavy atom. The first-order valence-corrected chi connectivity index (χ1v) is 6.15. The number of hydrogen-bond donors (Lipinski definition) is 2. The fourth-order valence-electron chi connectivity index (χ4n) is 2.22. The summed E-state index contributed by atoms with van der Waals surface area (Å²) in [6.45, 7) is 5.38. The summed E-state index contributed by atoms with van der Waals surface area (Å²) in [5.41, 5.74) is 0.833. The van der Waals surface area contributed by atoms with Crippen molar-refractivity contribution in [1.82, 2.24) is 4.98 Å². The molecule has 2 heterocycles. The maximum absolute atomic E-state index is 9.55. The summed E-state index contributed by atoms with van der Waals surface area (Å²) in [6, 6.07) is 3.84. The van der Waals surface area contributed by atoms with Gasteiger partial charge in [-0.1, -0.05) is 6.07 Å². The average molecular weight is 236 g/mol. The Hall–Kier alpha value is -1.13. The molecule has 1 fully saturated rings. The van der Waals surface area contributed by atoms with Crippen molar-refractivity contribution < 1.29 is 10.2 Å². The summed E-state index contributed by atoms with van der Waals surface area (Å²) < 4.78 is 0. The SMILES string of the molecule is CC(O)c1ccc(N2CCC(C(C)O)C2)nc1. The van der Waals surface area contributed by atoms with Gasteiger partial charge in [0.15, 0.2) is 0 Å². The van der Waals surface area contributed by atoms with Gasteiger partial charge in [0.05, 0.1) is 12.2 Å². The summed E-state index contributed by atoms with van der Waals surface area (Å²) in [5.74, 6) is 1.27. The highest BCUT2D eigenvalue weighted by atomic mass is 16.3. The van der Waals surface area contributed by atoms with Crippen molar-refractivity contribution in [2.45, 2.75) is 32.5 Å². The lowest BCUT2D eigenvalue weighted by Crippen LogP contribution is -2.24. The van der Waals surface area contributed by atoms with Crippen molar-refractivity contribution in [1.29, 1.82) is 0 Å². The first-order chi connectivity index (χ1) is 8.08. The summed E-state index contributed by atoms with van der Waals surface area (Å²) in [5, 5.41) is 19.0. The van der Waals surface area contributed by atoms with Gasteiger partial charge >= 0.3 is 0 Å². The van der Waals surface area contributed by atoms with E-state index in [1.54, 1.807) is 13.1 Å². The molecular weight excluding hydrogens is 216 g/mol. The molecule has 3 unspecified atom stereocenters. The van der Waals surface area contributed by atoms with Crippen LogP contribution in [0.2, 0.25) is 0 Å². The van der Waals surface area contributed by atoms with Crippen LogP contribution in [-0.2, 0) is 0 Å². The highest BCUT2D eigenvalue weighted by molar-refractivity contribution is 5.40. The van der Waals surface area contributed by atoms with Crippen LogP contribution in [0.1, 0.15) is 31.9 Å². The molecule has 4 heteroatoms. The van der Waals surface area contributed by atoms with Gasteiger partial charge in [-0.05, 0) is 31.9 Å². The molecule has 0 radical (unpaired) electrons. The first-order valence-electron chi connectivity index (χ1n) is 6.15. The number of nitrogens with zero attached hydrogens (tertiary/aromatic N) is 2. The van der Waals surface area contributed by atoms with Crippen molar-refractivity contribution in [2.75, 3.05) is 18.0 Å². The average Bonchev–Trinajstić information content (AvgIpc) is 2.78. The third-order valence-corrected chi connectivity index (χ3v) is 3.48. The lowest BCUT2D eigenvalue weighted by atomic mass is 10.0. The van der Waals surface area contributed by atoms with E-state index in [-0.39, 0.29) is 6.10 Å².